The van der Waals surface area contributed by atoms with Crippen molar-refractivity contribution in [2.75, 3.05) is 26.2 Å². The van der Waals surface area contributed by atoms with E-state index in [1.54, 1.807) is 13.8 Å². The predicted molar refractivity (Wildman–Crippen MR) is 176 cm³/mol. The van der Waals surface area contributed by atoms with Crippen molar-refractivity contribution in [1.82, 2.24) is 47.9 Å². The van der Waals surface area contributed by atoms with Gasteiger partial charge >= 0.3 is 0 Å². The summed E-state index contributed by atoms with van der Waals surface area (Å²) in [5.74, 6) is -6.61. The van der Waals surface area contributed by atoms with Crippen molar-refractivity contribution in [3.63, 3.8) is 0 Å². The topological polar surface area (TPSA) is 262 Å². The van der Waals surface area contributed by atoms with Crippen LogP contribution in [0.4, 0.5) is 0 Å². The van der Waals surface area contributed by atoms with Crippen LogP contribution in [0.3, 0.4) is 0 Å². The molecular formula is C29H51N9O9Y5-10. The van der Waals surface area contributed by atoms with E-state index in [0.29, 0.717) is 6.54 Å². The number of amides is 8. The molecule has 291 valence electrons. The van der Waals surface area contributed by atoms with E-state index in [1.807, 2.05) is 13.8 Å². The summed E-state index contributed by atoms with van der Waals surface area (Å²) in [5, 5.41) is 20.0. The number of hydrogen-bond donors (Lipinski definition) is 9. The molecule has 0 aromatic heterocycles. The molecule has 23 heteroatoms. The predicted octanol–water partition coefficient (Wildman–Crippen LogP) is -2.81. The van der Waals surface area contributed by atoms with Crippen molar-refractivity contribution < 1.29 is 207 Å². The van der Waals surface area contributed by atoms with E-state index in [0.717, 1.165) is 26.2 Å². The number of hydrogen-bond acceptors (Lipinski definition) is 10. The van der Waals surface area contributed by atoms with Crippen LogP contribution in [-0.4, -0.2) is 85.3 Å². The van der Waals surface area contributed by atoms with Gasteiger partial charge in [-0.15, -0.1) is 0 Å². The van der Waals surface area contributed by atoms with Crippen molar-refractivity contribution in [2.45, 2.75) is 33.7 Å². The van der Waals surface area contributed by atoms with Gasteiger partial charge in [0, 0.05) is 169 Å². The van der Waals surface area contributed by atoms with Crippen LogP contribution in [-0.2, 0) is 207 Å². The second-order valence-electron chi connectivity index (χ2n) is 8.74. The molecule has 0 heterocycles. The number of rotatable bonds is 20. The SMILES string of the molecule is CC(C)N[CH-]C(=O)NCC(=O)N[CH-]C(=O)NCC(=O)N[CH-]C(=O)NCC(=O)N[CH-]C(=O)NCC(=O)N[CH-]C(=O)C(C)C.[CH3-].[CH3-].[CH3-].[CH3-].[CH3-].[Y].[Y].[Y].[Y].[Y]. The molecule has 5 radical (unpaired) electrons. The Morgan fingerprint density at radius 3 is 0.865 bits per heavy atom. The van der Waals surface area contributed by atoms with Crippen LogP contribution in [0.25, 0.3) is 0 Å². The maximum Gasteiger partial charge on any atom is 0.213 e. The molecule has 0 bridgehead atoms. The van der Waals surface area contributed by atoms with Gasteiger partial charge in [-0.1, -0.05) is 27.7 Å². The third-order valence-corrected chi connectivity index (χ3v) is 4.28. The summed E-state index contributed by atoms with van der Waals surface area (Å²) >= 11 is 0. The number of carbonyl (C=O) groups excluding carboxylic acids is 9. The fraction of sp³-hybridized carbons (Fsp3) is 0.345. The zero-order valence-electron chi connectivity index (χ0n) is 31.4. The number of nitrogens with one attached hydrogen (secondary N) is 9. The Hall–Kier alpha value is 0.259. The minimum atomic E-state index is -0.875. The van der Waals surface area contributed by atoms with Gasteiger partial charge in [0.2, 0.25) is 23.6 Å². The van der Waals surface area contributed by atoms with Gasteiger partial charge in [0.05, 0.1) is 32.1 Å². The summed E-state index contributed by atoms with van der Waals surface area (Å²) in [4.78, 5) is 105. The fourth-order valence-corrected chi connectivity index (χ4v) is 2.08. The Morgan fingerprint density at radius 1 is 0.404 bits per heavy atom. The summed E-state index contributed by atoms with van der Waals surface area (Å²) in [7, 11) is 0. The minimum absolute atomic E-state index is 0. The van der Waals surface area contributed by atoms with Gasteiger partial charge in [-0.2, -0.15) is 0 Å². The zero-order chi connectivity index (χ0) is 32.1. The average Bonchev–Trinajstić information content (AvgIpc) is 2.94. The maximum absolute atomic E-state index is 11.7. The monoisotopic (exact) mass is 1110 g/mol. The average molecular weight is 1110 g/mol. The molecule has 0 atom stereocenters. The summed E-state index contributed by atoms with van der Waals surface area (Å²) in [5.41, 5.74) is 0. The molecule has 0 aromatic carbocycles. The Kier molecular flexibility index (Phi) is 76.4. The van der Waals surface area contributed by atoms with E-state index in [-0.39, 0.29) is 218 Å². The summed E-state index contributed by atoms with van der Waals surface area (Å²) in [6, 6.07) is 0.0338. The largest absolute Gasteiger partial charge is 0.482 e. The van der Waals surface area contributed by atoms with E-state index >= 15 is 0 Å². The third-order valence-electron chi connectivity index (χ3n) is 4.28. The van der Waals surface area contributed by atoms with Gasteiger partial charge in [-0.05, 0) is 12.0 Å². The first-order valence-electron chi connectivity index (χ1n) is 12.4. The van der Waals surface area contributed by atoms with Crippen LogP contribution in [0, 0.1) is 75.8 Å². The number of Topliss-reactive ketones (excluding diaryl/α,β-unsaturated/α-hetero) is 1. The van der Waals surface area contributed by atoms with E-state index < -0.39 is 73.4 Å². The van der Waals surface area contributed by atoms with Crippen molar-refractivity contribution in [1.29, 1.82) is 0 Å². The first kappa shape index (κ1) is 80.7. The van der Waals surface area contributed by atoms with Crippen LogP contribution in [0.5, 0.6) is 0 Å². The summed E-state index contributed by atoms with van der Waals surface area (Å²) in [6.07, 6.45) is 0. The maximum atomic E-state index is 11.7. The number of carbonyl (C=O) groups is 9. The molecule has 0 unspecified atom stereocenters. The Bertz CT molecular complexity index is 1030. The molecule has 0 aliphatic carbocycles. The molecule has 8 amide bonds. The van der Waals surface area contributed by atoms with E-state index in [1.165, 1.54) is 0 Å². The van der Waals surface area contributed by atoms with E-state index in [2.05, 4.69) is 47.9 Å². The molecule has 52 heavy (non-hydrogen) atoms. The van der Waals surface area contributed by atoms with Gasteiger partial charge in [-0.3, -0.25) is 19.2 Å². The molecule has 0 aliphatic heterocycles. The van der Waals surface area contributed by atoms with Crippen LogP contribution in [0.2, 0.25) is 0 Å². The smallest absolute Gasteiger partial charge is 0.213 e. The molecule has 0 aliphatic rings. The first-order valence-corrected chi connectivity index (χ1v) is 12.4. The Labute approximate surface area is 436 Å². The number of ketones is 1. The third kappa shape index (κ3) is 50.3. The van der Waals surface area contributed by atoms with Crippen LogP contribution >= 0.6 is 0 Å². The van der Waals surface area contributed by atoms with Crippen molar-refractivity contribution in [3.05, 3.63) is 69.9 Å². The molecule has 0 saturated carbocycles. The second kappa shape index (κ2) is 49.3. The van der Waals surface area contributed by atoms with Crippen molar-refractivity contribution in [3.8, 4) is 0 Å². The molecular weight excluding hydrogens is 1060 g/mol. The van der Waals surface area contributed by atoms with Crippen LogP contribution in [0.1, 0.15) is 27.7 Å². The summed E-state index contributed by atoms with van der Waals surface area (Å²) < 4.78 is 0. The first-order chi connectivity index (χ1) is 19.7. The Morgan fingerprint density at radius 2 is 0.635 bits per heavy atom. The van der Waals surface area contributed by atoms with Gasteiger partial charge in [0.15, 0.2) is 0 Å². The van der Waals surface area contributed by atoms with Gasteiger partial charge in [0.1, 0.15) is 17.7 Å². The minimum Gasteiger partial charge on any atom is -0.482 e. The summed E-state index contributed by atoms with van der Waals surface area (Å²) in [6.45, 7) is 9.25. The molecule has 0 aromatic rings. The molecule has 18 nitrogen and oxygen atoms in total. The van der Waals surface area contributed by atoms with Crippen molar-refractivity contribution in [2.24, 2.45) is 5.92 Å². The molecule has 0 rings (SSSR count). The van der Waals surface area contributed by atoms with Gasteiger partial charge in [-0.25, -0.2) is 32.7 Å². The molecule has 0 fully saturated rings. The molecule has 9 N–H and O–H groups in total. The van der Waals surface area contributed by atoms with Crippen LogP contribution < -0.4 is 47.9 Å². The van der Waals surface area contributed by atoms with Crippen molar-refractivity contribution >= 4 is 53.0 Å². The normalized spacial score (nSPS) is 7.88. The standard InChI is InChI=1S/C24H36N9O9.5CH3.5Y/c1-14(2)16(34)5-26-18(36)7-28-20(38)9-30-22(40)11-32-24(42)13-33-23(41)12-31-21(39)10-29-19(37)8-27-17(35)6-25-15(3)4;;;;;;;;;;/h5-6,9-10,13-15,25H,7-8,11-12H2,1-4H3,(H,26,36)(H,27,35)(H,28,38)(H,29,37)(H,30,40)(H,31,39)(H,32,42)(H,33,41);5*1H3;;;;;/q-5;5*-1;;;;;. The van der Waals surface area contributed by atoms with E-state index in [9.17, 15) is 43.2 Å². The second-order valence-corrected chi connectivity index (χ2v) is 8.74. The molecule has 0 saturated heterocycles. The van der Waals surface area contributed by atoms with Gasteiger partial charge in [0.25, 0.3) is 0 Å². The van der Waals surface area contributed by atoms with E-state index in [4.69, 9.17) is 0 Å². The molecule has 0 spiro atoms. The van der Waals surface area contributed by atoms with Crippen LogP contribution in [0.15, 0.2) is 0 Å². The quantitative estimate of drug-likeness (QED) is 0.0566. The zero-order valence-corrected chi connectivity index (χ0v) is 45.6. The fourth-order valence-electron chi connectivity index (χ4n) is 2.08. The Balaban J connectivity index is -0.000000187. The van der Waals surface area contributed by atoms with Gasteiger partial charge < -0.3 is 109 Å².